The Labute approximate surface area is 91.9 Å². The second-order valence-corrected chi connectivity index (χ2v) is 3.07. The molecule has 84 valence electrons. The average molecular weight is 208 g/mol. The summed E-state index contributed by atoms with van der Waals surface area (Å²) >= 11 is 0. The maximum atomic E-state index is 11.5. The van der Waals surface area contributed by atoms with E-state index < -0.39 is 0 Å². The molecular formula is C12H20N2O. The van der Waals surface area contributed by atoms with Gasteiger partial charge in [0.25, 0.3) is 5.91 Å². The van der Waals surface area contributed by atoms with Crippen molar-refractivity contribution in [2.45, 2.75) is 13.3 Å². The summed E-state index contributed by atoms with van der Waals surface area (Å²) in [6.45, 7) is 11.6. The second kappa shape index (κ2) is 9.21. The van der Waals surface area contributed by atoms with Gasteiger partial charge >= 0.3 is 0 Å². The van der Waals surface area contributed by atoms with Gasteiger partial charge in [-0.15, -0.1) is 0 Å². The number of rotatable bonds is 8. The minimum Gasteiger partial charge on any atom is -0.351 e. The van der Waals surface area contributed by atoms with E-state index in [0.29, 0.717) is 12.1 Å². The molecule has 0 atom stereocenters. The molecule has 3 heteroatoms. The summed E-state index contributed by atoms with van der Waals surface area (Å²) in [5.74, 6) is -0.108. The van der Waals surface area contributed by atoms with Gasteiger partial charge in [-0.1, -0.05) is 38.3 Å². The molecule has 0 aromatic carbocycles. The van der Waals surface area contributed by atoms with Gasteiger partial charge in [-0.05, 0) is 13.0 Å². The van der Waals surface area contributed by atoms with E-state index in [9.17, 15) is 4.79 Å². The Balaban J connectivity index is 3.77. The Morgan fingerprint density at radius 3 is 2.53 bits per heavy atom. The summed E-state index contributed by atoms with van der Waals surface area (Å²) in [4.78, 5) is 11.5. The van der Waals surface area contributed by atoms with Crippen LogP contribution in [-0.4, -0.2) is 25.5 Å². The van der Waals surface area contributed by atoms with Crippen LogP contribution >= 0.6 is 0 Å². The third-order valence-corrected chi connectivity index (χ3v) is 1.79. The van der Waals surface area contributed by atoms with E-state index in [1.54, 1.807) is 12.2 Å². The third kappa shape index (κ3) is 6.69. The summed E-state index contributed by atoms with van der Waals surface area (Å²) in [6, 6.07) is 0. The standard InChI is InChI=1S/C12H20N2O/c1-4-7-11(6-3)12(15)14-10-9-13-8-5-2/h4,6-7,13H,1,3,5,8-10H2,2H3,(H,14,15)/b11-7+. The van der Waals surface area contributed by atoms with Crippen molar-refractivity contribution in [1.29, 1.82) is 0 Å². The molecule has 0 fully saturated rings. The highest BCUT2D eigenvalue weighted by atomic mass is 16.1. The van der Waals surface area contributed by atoms with Crippen LogP contribution in [0.15, 0.2) is 37.0 Å². The van der Waals surface area contributed by atoms with Gasteiger partial charge in [-0.3, -0.25) is 4.79 Å². The van der Waals surface area contributed by atoms with E-state index in [1.807, 2.05) is 0 Å². The lowest BCUT2D eigenvalue weighted by Crippen LogP contribution is -2.32. The highest BCUT2D eigenvalue weighted by molar-refractivity contribution is 5.96. The van der Waals surface area contributed by atoms with Crippen molar-refractivity contribution in [2.75, 3.05) is 19.6 Å². The molecule has 2 N–H and O–H groups in total. The van der Waals surface area contributed by atoms with Gasteiger partial charge in [-0.2, -0.15) is 0 Å². The fourth-order valence-corrected chi connectivity index (χ4v) is 1.03. The molecule has 0 saturated carbocycles. The Hall–Kier alpha value is -1.35. The summed E-state index contributed by atoms with van der Waals surface area (Å²) < 4.78 is 0. The molecule has 0 radical (unpaired) electrons. The first-order chi connectivity index (χ1) is 7.26. The molecule has 0 aliphatic carbocycles. The third-order valence-electron chi connectivity index (χ3n) is 1.79. The normalized spacial score (nSPS) is 10.9. The number of nitrogens with one attached hydrogen (secondary N) is 2. The first-order valence-corrected chi connectivity index (χ1v) is 5.20. The van der Waals surface area contributed by atoms with Gasteiger partial charge < -0.3 is 10.6 Å². The van der Waals surface area contributed by atoms with Crippen LogP contribution in [0.25, 0.3) is 0 Å². The highest BCUT2D eigenvalue weighted by Crippen LogP contribution is 1.95. The number of allylic oxidation sites excluding steroid dienone is 2. The number of amides is 1. The van der Waals surface area contributed by atoms with E-state index in [0.717, 1.165) is 19.5 Å². The maximum Gasteiger partial charge on any atom is 0.251 e. The van der Waals surface area contributed by atoms with E-state index in [4.69, 9.17) is 0 Å². The molecular weight excluding hydrogens is 188 g/mol. The summed E-state index contributed by atoms with van der Waals surface area (Å²) in [5, 5.41) is 5.99. The molecule has 0 aliphatic heterocycles. The maximum absolute atomic E-state index is 11.5. The van der Waals surface area contributed by atoms with Crippen LogP contribution < -0.4 is 10.6 Å². The fourth-order valence-electron chi connectivity index (χ4n) is 1.03. The first-order valence-electron chi connectivity index (χ1n) is 5.20. The predicted octanol–water partition coefficient (Wildman–Crippen LogP) is 1.40. The van der Waals surface area contributed by atoms with E-state index in [1.165, 1.54) is 6.08 Å². The van der Waals surface area contributed by atoms with Gasteiger partial charge in [-0.25, -0.2) is 0 Å². The molecule has 0 rings (SSSR count). The minimum absolute atomic E-state index is 0.108. The second-order valence-electron chi connectivity index (χ2n) is 3.07. The molecule has 0 saturated heterocycles. The van der Waals surface area contributed by atoms with Gasteiger partial charge in [0, 0.05) is 18.7 Å². The minimum atomic E-state index is -0.108. The van der Waals surface area contributed by atoms with Gasteiger partial charge in [0.1, 0.15) is 0 Å². The van der Waals surface area contributed by atoms with E-state index in [2.05, 4.69) is 30.7 Å². The van der Waals surface area contributed by atoms with Crippen molar-refractivity contribution in [3.05, 3.63) is 37.0 Å². The predicted molar refractivity (Wildman–Crippen MR) is 64.6 cm³/mol. The highest BCUT2D eigenvalue weighted by Gasteiger charge is 2.02. The quantitative estimate of drug-likeness (QED) is 0.360. The monoisotopic (exact) mass is 208 g/mol. The van der Waals surface area contributed by atoms with Crippen LogP contribution in [0.5, 0.6) is 0 Å². The van der Waals surface area contributed by atoms with Gasteiger partial charge in [0.2, 0.25) is 0 Å². The lowest BCUT2D eigenvalue weighted by Gasteiger charge is -2.06. The molecule has 0 aromatic heterocycles. The molecule has 0 heterocycles. The molecule has 3 nitrogen and oxygen atoms in total. The summed E-state index contributed by atoms with van der Waals surface area (Å²) in [7, 11) is 0. The zero-order valence-electron chi connectivity index (χ0n) is 9.38. The number of hydrogen-bond donors (Lipinski definition) is 2. The van der Waals surface area contributed by atoms with Crippen LogP contribution in [0.4, 0.5) is 0 Å². The van der Waals surface area contributed by atoms with E-state index in [-0.39, 0.29) is 5.91 Å². The number of carbonyl (C=O) groups is 1. The molecule has 0 bridgehead atoms. The first kappa shape index (κ1) is 13.7. The fraction of sp³-hybridized carbons (Fsp3) is 0.417. The van der Waals surface area contributed by atoms with Gasteiger partial charge in [0.15, 0.2) is 0 Å². The van der Waals surface area contributed by atoms with Gasteiger partial charge in [0.05, 0.1) is 0 Å². The lowest BCUT2D eigenvalue weighted by molar-refractivity contribution is -0.117. The lowest BCUT2D eigenvalue weighted by atomic mass is 10.2. The van der Waals surface area contributed by atoms with Crippen LogP contribution in [0.1, 0.15) is 13.3 Å². The topological polar surface area (TPSA) is 41.1 Å². The number of carbonyl (C=O) groups excluding carboxylic acids is 1. The summed E-state index contributed by atoms with van der Waals surface area (Å²) in [5.41, 5.74) is 0.542. The van der Waals surface area contributed by atoms with Crippen LogP contribution in [0.3, 0.4) is 0 Å². The SMILES string of the molecule is C=C/C=C(\C=C)C(=O)NCCNCCC. The van der Waals surface area contributed by atoms with E-state index >= 15 is 0 Å². The number of hydrogen-bond acceptors (Lipinski definition) is 2. The van der Waals surface area contributed by atoms with Crippen molar-refractivity contribution in [1.82, 2.24) is 10.6 Å². The molecule has 0 aliphatic rings. The molecule has 1 amide bonds. The smallest absolute Gasteiger partial charge is 0.251 e. The zero-order valence-corrected chi connectivity index (χ0v) is 9.38. The largest absolute Gasteiger partial charge is 0.351 e. The zero-order chi connectivity index (χ0) is 11.5. The Morgan fingerprint density at radius 1 is 1.27 bits per heavy atom. The van der Waals surface area contributed by atoms with Crippen molar-refractivity contribution in [2.24, 2.45) is 0 Å². The molecule has 0 aromatic rings. The van der Waals surface area contributed by atoms with Crippen LogP contribution in [-0.2, 0) is 4.79 Å². The summed E-state index contributed by atoms with van der Waals surface area (Å²) in [6.07, 6.45) is 5.84. The molecule has 15 heavy (non-hydrogen) atoms. The molecule has 0 unspecified atom stereocenters. The Bertz CT molecular complexity index is 244. The average Bonchev–Trinajstić information content (AvgIpc) is 2.25. The van der Waals surface area contributed by atoms with Crippen molar-refractivity contribution >= 4 is 5.91 Å². The Kier molecular flexibility index (Phi) is 8.39. The van der Waals surface area contributed by atoms with Crippen LogP contribution in [0.2, 0.25) is 0 Å². The van der Waals surface area contributed by atoms with Crippen LogP contribution in [0, 0.1) is 0 Å². The molecule has 0 spiro atoms. The van der Waals surface area contributed by atoms with Crippen molar-refractivity contribution in [3.63, 3.8) is 0 Å². The Morgan fingerprint density at radius 2 is 2.00 bits per heavy atom. The van der Waals surface area contributed by atoms with Crippen molar-refractivity contribution < 1.29 is 4.79 Å². The van der Waals surface area contributed by atoms with Crippen molar-refractivity contribution in [3.8, 4) is 0 Å².